The molecule has 0 saturated carbocycles. The van der Waals surface area contributed by atoms with E-state index in [1.165, 1.54) is 12.2 Å². The third-order valence-corrected chi connectivity index (χ3v) is 6.71. The van der Waals surface area contributed by atoms with Crippen LogP contribution in [0.1, 0.15) is 37.1 Å². The highest BCUT2D eigenvalue weighted by atomic mass is 33.1. The van der Waals surface area contributed by atoms with Gasteiger partial charge in [-0.15, -0.1) is 10.2 Å². The quantitative estimate of drug-likeness (QED) is 0.610. The van der Waals surface area contributed by atoms with Crippen molar-refractivity contribution in [2.75, 3.05) is 11.1 Å². The SMILES string of the molecule is O=C(CCCCC1CCSS1)Nc1nnc(C(F)(F)F)s1. The minimum Gasteiger partial charge on any atom is -0.301 e. The summed E-state index contributed by atoms with van der Waals surface area (Å²) in [5.41, 5.74) is 0. The molecule has 0 radical (unpaired) electrons. The van der Waals surface area contributed by atoms with Gasteiger partial charge >= 0.3 is 6.18 Å². The predicted molar refractivity (Wildman–Crippen MR) is 80.5 cm³/mol. The van der Waals surface area contributed by atoms with Crippen LogP contribution in [0, 0.1) is 0 Å². The van der Waals surface area contributed by atoms with Crippen LogP contribution < -0.4 is 5.32 Å². The van der Waals surface area contributed by atoms with Gasteiger partial charge < -0.3 is 5.32 Å². The number of alkyl halides is 3. The van der Waals surface area contributed by atoms with Crippen molar-refractivity contribution in [2.24, 2.45) is 0 Å². The Morgan fingerprint density at radius 2 is 2.14 bits per heavy atom. The molecule has 0 aromatic carbocycles. The first-order valence-electron chi connectivity index (χ1n) is 6.44. The largest absolute Gasteiger partial charge is 0.445 e. The van der Waals surface area contributed by atoms with E-state index in [2.05, 4.69) is 15.5 Å². The summed E-state index contributed by atoms with van der Waals surface area (Å²) in [6, 6.07) is 0. The van der Waals surface area contributed by atoms with Gasteiger partial charge in [0.1, 0.15) is 0 Å². The average Bonchev–Trinajstić information content (AvgIpc) is 3.04. The van der Waals surface area contributed by atoms with Gasteiger partial charge in [0.25, 0.3) is 0 Å². The van der Waals surface area contributed by atoms with Crippen LogP contribution in [0.4, 0.5) is 18.3 Å². The minimum absolute atomic E-state index is 0.102. The number of carbonyl (C=O) groups is 1. The number of nitrogens with zero attached hydrogens (tertiary/aromatic N) is 2. The zero-order valence-electron chi connectivity index (χ0n) is 11.0. The van der Waals surface area contributed by atoms with Crippen LogP contribution in [-0.4, -0.2) is 27.1 Å². The first kappa shape index (κ1) is 16.9. The monoisotopic (exact) mass is 357 g/mol. The molecule has 2 heterocycles. The van der Waals surface area contributed by atoms with E-state index < -0.39 is 11.2 Å². The smallest absolute Gasteiger partial charge is 0.301 e. The van der Waals surface area contributed by atoms with Crippen molar-refractivity contribution in [2.45, 2.75) is 43.5 Å². The van der Waals surface area contributed by atoms with E-state index in [-0.39, 0.29) is 11.0 Å². The summed E-state index contributed by atoms with van der Waals surface area (Å²) in [7, 11) is 3.79. The maximum Gasteiger partial charge on any atom is 0.445 e. The number of anilines is 1. The molecular formula is C11H14F3N3OS3. The molecule has 4 nitrogen and oxygen atoms in total. The van der Waals surface area contributed by atoms with Crippen molar-refractivity contribution >= 4 is 44.0 Å². The maximum absolute atomic E-state index is 12.3. The highest BCUT2D eigenvalue weighted by molar-refractivity contribution is 8.77. The van der Waals surface area contributed by atoms with E-state index in [1.54, 1.807) is 0 Å². The number of nitrogens with one attached hydrogen (secondary N) is 1. The molecule has 21 heavy (non-hydrogen) atoms. The molecule has 1 fully saturated rings. The van der Waals surface area contributed by atoms with Crippen LogP contribution in [0.3, 0.4) is 0 Å². The summed E-state index contributed by atoms with van der Waals surface area (Å²) in [6.07, 6.45) is -0.231. The van der Waals surface area contributed by atoms with Gasteiger partial charge in [0.05, 0.1) is 0 Å². The molecule has 1 unspecified atom stereocenters. The number of carbonyl (C=O) groups excluding carboxylic acids is 1. The number of amides is 1. The number of aromatic nitrogens is 2. The lowest BCUT2D eigenvalue weighted by molar-refractivity contribution is -0.138. The van der Waals surface area contributed by atoms with Gasteiger partial charge in [-0.2, -0.15) is 13.2 Å². The zero-order valence-corrected chi connectivity index (χ0v) is 13.4. The Bertz CT molecular complexity index is 475. The lowest BCUT2D eigenvalue weighted by Crippen LogP contribution is -2.11. The highest BCUT2D eigenvalue weighted by Crippen LogP contribution is 2.40. The lowest BCUT2D eigenvalue weighted by atomic mass is 10.1. The average molecular weight is 357 g/mol. The molecule has 10 heteroatoms. The van der Waals surface area contributed by atoms with Crippen molar-refractivity contribution < 1.29 is 18.0 Å². The summed E-state index contributed by atoms with van der Waals surface area (Å²) in [6.45, 7) is 0. The normalized spacial score (nSPS) is 18.9. The van der Waals surface area contributed by atoms with Crippen molar-refractivity contribution in [3.05, 3.63) is 5.01 Å². The van der Waals surface area contributed by atoms with E-state index >= 15 is 0 Å². The summed E-state index contributed by atoms with van der Waals surface area (Å²) in [4.78, 5) is 11.6. The van der Waals surface area contributed by atoms with Gasteiger partial charge in [0.2, 0.25) is 16.0 Å². The first-order valence-corrected chi connectivity index (χ1v) is 9.64. The summed E-state index contributed by atoms with van der Waals surface area (Å²) in [5.74, 6) is 0.877. The van der Waals surface area contributed by atoms with Gasteiger partial charge in [-0.25, -0.2) is 0 Å². The Balaban J connectivity index is 1.66. The van der Waals surface area contributed by atoms with E-state index in [0.29, 0.717) is 23.0 Å². The van der Waals surface area contributed by atoms with Crippen molar-refractivity contribution in [3.8, 4) is 0 Å². The van der Waals surface area contributed by atoms with Gasteiger partial charge in [0, 0.05) is 17.4 Å². The molecule has 1 aromatic heterocycles. The Kier molecular flexibility index (Phi) is 6.18. The summed E-state index contributed by atoms with van der Waals surface area (Å²) >= 11 is 0.343. The van der Waals surface area contributed by atoms with Crippen LogP contribution in [0.5, 0.6) is 0 Å². The number of halogens is 3. The number of unbranched alkanes of at least 4 members (excludes halogenated alkanes) is 1. The fourth-order valence-electron chi connectivity index (χ4n) is 1.79. The van der Waals surface area contributed by atoms with E-state index in [9.17, 15) is 18.0 Å². The van der Waals surface area contributed by atoms with Gasteiger partial charge in [0.15, 0.2) is 0 Å². The number of hydrogen-bond donors (Lipinski definition) is 1. The molecule has 1 aromatic rings. The fraction of sp³-hybridized carbons (Fsp3) is 0.727. The molecule has 1 amide bonds. The Labute approximate surface area is 132 Å². The Morgan fingerprint density at radius 3 is 2.76 bits per heavy atom. The fourth-order valence-corrected chi connectivity index (χ4v) is 5.45. The molecule has 1 saturated heterocycles. The molecule has 1 atom stereocenters. The molecule has 1 N–H and O–H groups in total. The molecule has 0 aliphatic carbocycles. The topological polar surface area (TPSA) is 54.9 Å². The van der Waals surface area contributed by atoms with Gasteiger partial charge in [-0.3, -0.25) is 4.79 Å². The number of rotatable bonds is 6. The van der Waals surface area contributed by atoms with Crippen LogP contribution in [0.25, 0.3) is 0 Å². The Morgan fingerprint density at radius 1 is 1.33 bits per heavy atom. The second kappa shape index (κ2) is 7.68. The zero-order chi connectivity index (χ0) is 15.3. The van der Waals surface area contributed by atoms with E-state index in [4.69, 9.17) is 0 Å². The molecule has 2 rings (SSSR count). The van der Waals surface area contributed by atoms with Crippen LogP contribution >= 0.6 is 32.9 Å². The molecule has 1 aliphatic heterocycles. The van der Waals surface area contributed by atoms with Gasteiger partial charge in [-0.05, 0) is 19.3 Å². The first-order chi connectivity index (χ1) is 9.95. The molecule has 1 aliphatic rings. The minimum atomic E-state index is -4.52. The number of hydrogen-bond acceptors (Lipinski definition) is 6. The standard InChI is InChI=1S/C11H14F3N3OS3/c12-11(13,14)9-16-17-10(20-9)15-8(18)4-2-1-3-7-5-6-19-21-7/h7H,1-6H2,(H,15,17,18). The van der Waals surface area contributed by atoms with E-state index in [0.717, 1.165) is 19.3 Å². The molecule has 0 spiro atoms. The third kappa shape index (κ3) is 5.67. The second-order valence-corrected chi connectivity index (χ2v) is 8.30. The summed E-state index contributed by atoms with van der Waals surface area (Å²) < 4.78 is 37.0. The molecule has 0 bridgehead atoms. The third-order valence-electron chi connectivity index (χ3n) is 2.82. The van der Waals surface area contributed by atoms with Crippen molar-refractivity contribution in [1.82, 2.24) is 10.2 Å². The predicted octanol–water partition coefficient (Wildman–Crippen LogP) is 4.21. The second-order valence-electron chi connectivity index (χ2n) is 4.53. The van der Waals surface area contributed by atoms with Crippen LogP contribution in [0.2, 0.25) is 0 Å². The molecular weight excluding hydrogens is 343 g/mol. The Hall–Kier alpha value is -0.480. The van der Waals surface area contributed by atoms with Gasteiger partial charge in [-0.1, -0.05) is 39.3 Å². The summed E-state index contributed by atoms with van der Waals surface area (Å²) in [5, 5.41) is 8.22. The van der Waals surface area contributed by atoms with Crippen molar-refractivity contribution in [1.29, 1.82) is 0 Å². The van der Waals surface area contributed by atoms with Crippen molar-refractivity contribution in [3.63, 3.8) is 0 Å². The molecule has 118 valence electrons. The lowest BCUT2D eigenvalue weighted by Gasteiger charge is -2.06. The van der Waals surface area contributed by atoms with Crippen LogP contribution in [0.15, 0.2) is 0 Å². The van der Waals surface area contributed by atoms with Crippen LogP contribution in [-0.2, 0) is 11.0 Å². The highest BCUT2D eigenvalue weighted by Gasteiger charge is 2.35. The van der Waals surface area contributed by atoms with E-state index in [1.807, 2.05) is 21.6 Å². The maximum atomic E-state index is 12.3.